The molecule has 3 heterocycles. The van der Waals surface area contributed by atoms with Crippen LogP contribution in [-0.4, -0.2) is 25.4 Å². The molecule has 6 nitrogen and oxygen atoms in total. The van der Waals surface area contributed by atoms with Crippen molar-refractivity contribution < 1.29 is 4.79 Å². The molecule has 0 radical (unpaired) electrons. The van der Waals surface area contributed by atoms with E-state index in [2.05, 4.69) is 26.0 Å². The Morgan fingerprint density at radius 2 is 1.85 bits per heavy atom. The van der Waals surface area contributed by atoms with Crippen LogP contribution in [0.4, 0.5) is 5.82 Å². The van der Waals surface area contributed by atoms with E-state index in [0.717, 1.165) is 58.2 Å². The standard InChI is InChI=1S/C25H23BrClN5O/c1-14(33)15-6-8-16(9-7-15)23-22(26)24(28)32-25(31-23)19(13-30-32)17-10-11-21(29-12-17)18-4-2-3-5-20(18)27/h2-5,10-13,15-16H,6-9,28H2,1H3. The van der Waals surface area contributed by atoms with Gasteiger partial charge in [-0.1, -0.05) is 35.9 Å². The van der Waals surface area contributed by atoms with Crippen LogP contribution < -0.4 is 5.73 Å². The van der Waals surface area contributed by atoms with Crippen molar-refractivity contribution in [2.75, 3.05) is 5.73 Å². The predicted molar refractivity (Wildman–Crippen MR) is 134 cm³/mol. The second kappa shape index (κ2) is 8.88. The maximum absolute atomic E-state index is 11.8. The topological polar surface area (TPSA) is 86.2 Å². The van der Waals surface area contributed by atoms with Gasteiger partial charge < -0.3 is 5.73 Å². The summed E-state index contributed by atoms with van der Waals surface area (Å²) in [5, 5.41) is 5.14. The molecule has 1 fully saturated rings. The number of halogens is 2. The van der Waals surface area contributed by atoms with Crippen LogP contribution >= 0.6 is 27.5 Å². The summed E-state index contributed by atoms with van der Waals surface area (Å²) in [6.45, 7) is 1.69. The molecule has 0 amide bonds. The number of carbonyl (C=O) groups is 1. The predicted octanol–water partition coefficient (Wildman–Crippen LogP) is 6.32. The van der Waals surface area contributed by atoms with E-state index in [1.54, 1.807) is 17.6 Å². The number of ketones is 1. The minimum Gasteiger partial charge on any atom is -0.383 e. The minimum atomic E-state index is 0.161. The molecule has 0 spiro atoms. The van der Waals surface area contributed by atoms with E-state index in [0.29, 0.717) is 16.5 Å². The second-order valence-corrected chi connectivity index (χ2v) is 9.76. The van der Waals surface area contributed by atoms with Gasteiger partial charge >= 0.3 is 0 Å². The van der Waals surface area contributed by atoms with Crippen LogP contribution in [0.25, 0.3) is 28.0 Å². The van der Waals surface area contributed by atoms with Gasteiger partial charge in [-0.05, 0) is 60.7 Å². The number of nitrogens with two attached hydrogens (primary N) is 1. The summed E-state index contributed by atoms with van der Waals surface area (Å²) in [6.07, 6.45) is 7.20. The van der Waals surface area contributed by atoms with Crippen molar-refractivity contribution in [1.29, 1.82) is 0 Å². The number of Topliss-reactive ketones (excluding diaryl/α,β-unsaturated/α-hetero) is 1. The fourth-order valence-corrected chi connectivity index (χ4v) is 5.46. The van der Waals surface area contributed by atoms with Crippen LogP contribution in [0.3, 0.4) is 0 Å². The molecule has 1 aliphatic rings. The monoisotopic (exact) mass is 523 g/mol. The first-order chi connectivity index (χ1) is 15.9. The number of nitrogen functional groups attached to an aromatic ring is 1. The maximum atomic E-state index is 11.8. The highest BCUT2D eigenvalue weighted by atomic mass is 79.9. The number of hydrogen-bond donors (Lipinski definition) is 1. The Balaban J connectivity index is 1.51. The van der Waals surface area contributed by atoms with Gasteiger partial charge in [0.25, 0.3) is 0 Å². The van der Waals surface area contributed by atoms with Crippen LogP contribution in [0.5, 0.6) is 0 Å². The first-order valence-electron chi connectivity index (χ1n) is 11.0. The molecule has 2 N–H and O–H groups in total. The Labute approximate surface area is 205 Å². The molecular weight excluding hydrogens is 502 g/mol. The Hall–Kier alpha value is -2.77. The lowest BCUT2D eigenvalue weighted by Gasteiger charge is -2.27. The van der Waals surface area contributed by atoms with Gasteiger partial charge in [0.1, 0.15) is 11.6 Å². The molecule has 0 atom stereocenters. The first kappa shape index (κ1) is 22.0. The van der Waals surface area contributed by atoms with E-state index in [4.69, 9.17) is 22.3 Å². The quantitative estimate of drug-likeness (QED) is 0.338. The third-order valence-corrected chi connectivity index (χ3v) is 7.70. The van der Waals surface area contributed by atoms with Crippen LogP contribution in [0, 0.1) is 5.92 Å². The second-order valence-electron chi connectivity index (χ2n) is 8.56. The van der Waals surface area contributed by atoms with Crippen LogP contribution in [0.2, 0.25) is 5.02 Å². The average Bonchev–Trinajstić information content (AvgIpc) is 3.26. The molecule has 1 aromatic carbocycles. The number of pyridine rings is 1. The molecule has 0 saturated heterocycles. The van der Waals surface area contributed by atoms with Crippen molar-refractivity contribution in [3.05, 3.63) is 64.0 Å². The lowest BCUT2D eigenvalue weighted by molar-refractivity contribution is -0.121. The number of rotatable bonds is 4. The third-order valence-electron chi connectivity index (χ3n) is 6.56. The summed E-state index contributed by atoms with van der Waals surface area (Å²) in [6, 6.07) is 11.6. The molecule has 1 aliphatic carbocycles. The van der Waals surface area contributed by atoms with E-state index in [1.165, 1.54) is 0 Å². The van der Waals surface area contributed by atoms with Crippen molar-refractivity contribution in [3.8, 4) is 22.4 Å². The van der Waals surface area contributed by atoms with Crippen molar-refractivity contribution in [2.24, 2.45) is 5.92 Å². The fraction of sp³-hybridized carbons (Fsp3) is 0.280. The zero-order valence-electron chi connectivity index (χ0n) is 18.1. The molecule has 0 bridgehead atoms. The molecule has 33 heavy (non-hydrogen) atoms. The maximum Gasteiger partial charge on any atom is 0.165 e. The summed E-state index contributed by atoms with van der Waals surface area (Å²) < 4.78 is 2.44. The van der Waals surface area contributed by atoms with Crippen LogP contribution in [0.15, 0.2) is 53.3 Å². The lowest BCUT2D eigenvalue weighted by Crippen LogP contribution is -2.20. The van der Waals surface area contributed by atoms with Crippen LogP contribution in [-0.2, 0) is 4.79 Å². The van der Waals surface area contributed by atoms with Crippen molar-refractivity contribution >= 4 is 44.8 Å². The number of nitrogens with zero attached hydrogens (tertiary/aromatic N) is 4. The summed E-state index contributed by atoms with van der Waals surface area (Å²) in [5.41, 5.74) is 11.5. The molecule has 0 unspecified atom stereocenters. The largest absolute Gasteiger partial charge is 0.383 e. The van der Waals surface area contributed by atoms with E-state index in [-0.39, 0.29) is 17.6 Å². The number of hydrogen-bond acceptors (Lipinski definition) is 5. The van der Waals surface area contributed by atoms with Gasteiger partial charge in [0, 0.05) is 39.7 Å². The van der Waals surface area contributed by atoms with Crippen molar-refractivity contribution in [2.45, 2.75) is 38.5 Å². The Bertz CT molecular complexity index is 1340. The van der Waals surface area contributed by atoms with E-state index in [1.807, 2.05) is 42.6 Å². The van der Waals surface area contributed by atoms with Crippen molar-refractivity contribution in [3.63, 3.8) is 0 Å². The molecular formula is C25H23BrClN5O. The molecule has 1 saturated carbocycles. The molecule has 5 rings (SSSR count). The van der Waals surface area contributed by atoms with Crippen molar-refractivity contribution in [1.82, 2.24) is 19.6 Å². The number of fused-ring (bicyclic) bond motifs is 1. The molecule has 4 aromatic rings. The molecule has 0 aliphatic heterocycles. The Morgan fingerprint density at radius 3 is 2.52 bits per heavy atom. The summed E-state index contributed by atoms with van der Waals surface area (Å²) >= 11 is 9.97. The highest BCUT2D eigenvalue weighted by molar-refractivity contribution is 9.10. The number of carbonyl (C=O) groups excluding carboxylic acids is 1. The molecule has 8 heteroatoms. The summed E-state index contributed by atoms with van der Waals surface area (Å²) in [7, 11) is 0. The molecule has 168 valence electrons. The Morgan fingerprint density at radius 1 is 1.09 bits per heavy atom. The number of benzene rings is 1. The van der Waals surface area contributed by atoms with Crippen LogP contribution in [0.1, 0.15) is 44.2 Å². The summed E-state index contributed by atoms with van der Waals surface area (Å²) in [5.74, 6) is 1.22. The first-order valence-corrected chi connectivity index (χ1v) is 12.2. The van der Waals surface area contributed by atoms with Gasteiger partial charge in [-0.25, -0.2) is 4.98 Å². The highest BCUT2D eigenvalue weighted by Crippen LogP contribution is 2.41. The van der Waals surface area contributed by atoms with E-state index < -0.39 is 0 Å². The van der Waals surface area contributed by atoms with Gasteiger partial charge in [0.15, 0.2) is 5.65 Å². The SMILES string of the molecule is CC(=O)C1CCC(c2nc3c(-c4ccc(-c5ccccc5Cl)nc4)cnn3c(N)c2Br)CC1. The average molecular weight is 525 g/mol. The van der Waals surface area contributed by atoms with Gasteiger partial charge in [-0.15, -0.1) is 0 Å². The highest BCUT2D eigenvalue weighted by Gasteiger charge is 2.29. The fourth-order valence-electron chi connectivity index (χ4n) is 4.64. The third kappa shape index (κ3) is 4.04. The lowest BCUT2D eigenvalue weighted by atomic mass is 9.79. The number of anilines is 1. The smallest absolute Gasteiger partial charge is 0.165 e. The summed E-state index contributed by atoms with van der Waals surface area (Å²) in [4.78, 5) is 21.4. The van der Waals surface area contributed by atoms with E-state index in [9.17, 15) is 4.79 Å². The van der Waals surface area contributed by atoms with Gasteiger partial charge in [-0.3, -0.25) is 9.78 Å². The molecule has 3 aromatic heterocycles. The zero-order chi connectivity index (χ0) is 23.1. The van der Waals surface area contributed by atoms with E-state index >= 15 is 0 Å². The van der Waals surface area contributed by atoms with Gasteiger partial charge in [0.05, 0.1) is 22.1 Å². The zero-order valence-corrected chi connectivity index (χ0v) is 20.5. The van der Waals surface area contributed by atoms with Gasteiger partial charge in [-0.2, -0.15) is 9.61 Å². The Kier molecular flexibility index (Phi) is 5.93. The number of aromatic nitrogens is 4. The van der Waals surface area contributed by atoms with Gasteiger partial charge in [0.2, 0.25) is 0 Å². The normalized spacial score (nSPS) is 18.5. The minimum absolute atomic E-state index is 0.161.